The number of aliphatic imine (C=N–C) groups is 1. The highest BCUT2D eigenvalue weighted by atomic mass is 16.5. The van der Waals surface area contributed by atoms with Gasteiger partial charge in [0.1, 0.15) is 11.8 Å². The van der Waals surface area contributed by atoms with Crippen molar-refractivity contribution in [1.82, 2.24) is 0 Å². The van der Waals surface area contributed by atoms with Gasteiger partial charge in [0.05, 0.1) is 35.5 Å². The van der Waals surface area contributed by atoms with Crippen molar-refractivity contribution in [2.75, 3.05) is 42.1 Å². The summed E-state index contributed by atoms with van der Waals surface area (Å²) in [6, 6.07) is 11.4. The number of unbranched alkanes of at least 4 members (excludes halogenated alkanes) is 1. The van der Waals surface area contributed by atoms with Crippen molar-refractivity contribution in [2.24, 2.45) is 4.99 Å². The van der Waals surface area contributed by atoms with E-state index in [9.17, 15) is 5.26 Å². The summed E-state index contributed by atoms with van der Waals surface area (Å²) in [5, 5.41) is 9.96. The van der Waals surface area contributed by atoms with E-state index in [2.05, 4.69) is 17.6 Å². The summed E-state index contributed by atoms with van der Waals surface area (Å²) in [5.41, 5.74) is 2.42. The number of nitrogens with zero attached hydrogens (tertiary/aromatic N) is 2. The lowest BCUT2D eigenvalue weighted by Crippen LogP contribution is -2.04. The molecule has 0 bridgehead atoms. The molecule has 2 rings (SSSR count). The maximum Gasteiger partial charge on any atom is 0.203 e. The molecule has 7 heteroatoms. The molecule has 0 N–H and O–H groups in total. The van der Waals surface area contributed by atoms with Crippen LogP contribution in [0.3, 0.4) is 0 Å². The summed E-state index contributed by atoms with van der Waals surface area (Å²) >= 11 is 0. The van der Waals surface area contributed by atoms with Crippen LogP contribution in [0.2, 0.25) is 0 Å². The molecule has 2 aromatic rings. The molecule has 33 heavy (non-hydrogen) atoms. The molecule has 0 aromatic heterocycles. The summed E-state index contributed by atoms with van der Waals surface area (Å²) in [5.74, 6) is 2.62. The first-order chi connectivity index (χ1) is 16.1. The lowest BCUT2D eigenvalue weighted by molar-refractivity contribution is 0.324. The van der Waals surface area contributed by atoms with E-state index in [0.717, 1.165) is 18.4 Å². The quantitative estimate of drug-likeness (QED) is 0.191. The Balaban J connectivity index is 2.72. The van der Waals surface area contributed by atoms with Crippen LogP contribution in [-0.2, 0) is 0 Å². The highest BCUT2D eigenvalue weighted by molar-refractivity contribution is 6.34. The van der Waals surface area contributed by atoms with Gasteiger partial charge in [0.15, 0.2) is 23.0 Å². The molecule has 0 aliphatic heterocycles. The Kier molecular flexibility index (Phi) is 9.84. The van der Waals surface area contributed by atoms with Crippen LogP contribution in [0.5, 0.6) is 28.7 Å². The lowest BCUT2D eigenvalue weighted by atomic mass is 9.97. The molecule has 174 valence electrons. The second-order valence-electron chi connectivity index (χ2n) is 6.86. The highest BCUT2D eigenvalue weighted by Crippen LogP contribution is 2.40. The topological polar surface area (TPSA) is 82.3 Å². The summed E-state index contributed by atoms with van der Waals surface area (Å²) in [6.45, 7) is 4.24. The van der Waals surface area contributed by atoms with Crippen LogP contribution in [-0.4, -0.2) is 47.8 Å². The Bertz CT molecular complexity index is 1040. The minimum atomic E-state index is 0.295. The number of ether oxygens (including phenoxy) is 5. The molecule has 7 nitrogen and oxygen atoms in total. The molecule has 0 atom stereocenters. The molecule has 2 aromatic carbocycles. The Morgan fingerprint density at radius 3 is 2.06 bits per heavy atom. The smallest absolute Gasteiger partial charge is 0.203 e. The van der Waals surface area contributed by atoms with Crippen LogP contribution in [0.1, 0.15) is 24.0 Å². The number of methoxy groups -OCH3 is 5. The van der Waals surface area contributed by atoms with Crippen molar-refractivity contribution in [3.63, 3.8) is 0 Å². The van der Waals surface area contributed by atoms with E-state index in [4.69, 9.17) is 23.7 Å². The number of rotatable bonds is 12. The van der Waals surface area contributed by atoms with Crippen molar-refractivity contribution >= 4 is 17.4 Å². The molecule has 0 radical (unpaired) electrons. The zero-order chi connectivity index (χ0) is 24.2. The van der Waals surface area contributed by atoms with Gasteiger partial charge in [0.25, 0.3) is 0 Å². The molecule has 0 spiro atoms. The molecule has 0 saturated carbocycles. The number of nitriles is 1. The van der Waals surface area contributed by atoms with Gasteiger partial charge in [-0.05, 0) is 54.3 Å². The van der Waals surface area contributed by atoms with Gasteiger partial charge in [0.2, 0.25) is 5.75 Å². The first kappa shape index (κ1) is 25.3. The lowest BCUT2D eigenvalue weighted by Gasteiger charge is -2.16. The predicted molar refractivity (Wildman–Crippen MR) is 131 cm³/mol. The molecule has 0 aliphatic rings. The number of allylic oxidation sites excluding steroid dienone is 2. The van der Waals surface area contributed by atoms with Crippen molar-refractivity contribution in [3.8, 4) is 34.8 Å². The van der Waals surface area contributed by atoms with E-state index in [1.807, 2.05) is 30.4 Å². The van der Waals surface area contributed by atoms with Crippen LogP contribution in [0.15, 0.2) is 48.0 Å². The van der Waals surface area contributed by atoms with Crippen LogP contribution < -0.4 is 23.7 Å². The van der Waals surface area contributed by atoms with Crippen LogP contribution in [0, 0.1) is 11.3 Å². The fraction of sp³-hybridized carbons (Fsp3) is 0.308. The highest BCUT2D eigenvalue weighted by Gasteiger charge is 2.18. The van der Waals surface area contributed by atoms with E-state index in [1.54, 1.807) is 47.7 Å². The zero-order valence-electron chi connectivity index (χ0n) is 19.8. The van der Waals surface area contributed by atoms with Crippen LogP contribution in [0.25, 0.3) is 11.6 Å². The van der Waals surface area contributed by atoms with Gasteiger partial charge >= 0.3 is 0 Å². The first-order valence-electron chi connectivity index (χ1n) is 10.4. The summed E-state index contributed by atoms with van der Waals surface area (Å²) in [7, 11) is 7.80. The predicted octanol–water partition coefficient (Wildman–Crippen LogP) is 5.20. The van der Waals surface area contributed by atoms with E-state index < -0.39 is 0 Å². The van der Waals surface area contributed by atoms with Gasteiger partial charge in [-0.25, -0.2) is 0 Å². The van der Waals surface area contributed by atoms with Crippen LogP contribution >= 0.6 is 0 Å². The molecule has 0 aliphatic carbocycles. The maximum atomic E-state index is 9.96. The molecular weight excluding hydrogens is 420 g/mol. The van der Waals surface area contributed by atoms with Gasteiger partial charge in [0, 0.05) is 12.1 Å². The monoisotopic (exact) mass is 450 g/mol. The molecular formula is C26H30N2O5. The normalized spacial score (nSPS) is 11.4. The number of hydrogen-bond acceptors (Lipinski definition) is 7. The second kappa shape index (κ2) is 12.8. The third-order valence-corrected chi connectivity index (χ3v) is 4.89. The van der Waals surface area contributed by atoms with E-state index >= 15 is 0 Å². The molecule has 0 fully saturated rings. The number of hydrogen-bond donors (Lipinski definition) is 0. The fourth-order valence-corrected chi connectivity index (χ4v) is 3.24. The van der Waals surface area contributed by atoms with Crippen LogP contribution in [0.4, 0.5) is 0 Å². The third kappa shape index (κ3) is 6.30. The average molecular weight is 451 g/mol. The Labute approximate surface area is 195 Å². The van der Waals surface area contributed by atoms with Gasteiger partial charge in [-0.3, -0.25) is 4.99 Å². The first-order valence-corrected chi connectivity index (χ1v) is 10.4. The maximum absolute atomic E-state index is 9.96. The molecule has 0 unspecified atom stereocenters. The van der Waals surface area contributed by atoms with Gasteiger partial charge in [-0.15, -0.1) is 6.58 Å². The molecule has 0 heterocycles. The van der Waals surface area contributed by atoms with Crippen molar-refractivity contribution in [3.05, 3.63) is 54.1 Å². The van der Waals surface area contributed by atoms with E-state index in [-0.39, 0.29) is 0 Å². The average Bonchev–Trinajstić information content (AvgIpc) is 2.86. The summed E-state index contributed by atoms with van der Waals surface area (Å²) in [4.78, 5) is 4.55. The summed E-state index contributed by atoms with van der Waals surface area (Å²) < 4.78 is 27.2. The van der Waals surface area contributed by atoms with Crippen molar-refractivity contribution in [1.29, 1.82) is 5.26 Å². The Morgan fingerprint density at radius 2 is 1.55 bits per heavy atom. The number of benzene rings is 2. The molecule has 0 amide bonds. The van der Waals surface area contributed by atoms with Crippen molar-refractivity contribution < 1.29 is 23.7 Å². The SMILES string of the molecule is C=CCCCN=C(C#N)C(=Cc1ccc(OC)c(OC)c1)c1cc(OC)c(OC)c(OC)c1. The fourth-order valence-electron chi connectivity index (χ4n) is 3.24. The minimum Gasteiger partial charge on any atom is -0.493 e. The molecule has 0 saturated heterocycles. The van der Waals surface area contributed by atoms with E-state index in [0.29, 0.717) is 52.1 Å². The van der Waals surface area contributed by atoms with E-state index in [1.165, 1.54) is 0 Å². The minimum absolute atomic E-state index is 0.295. The standard InChI is InChI=1S/C26H30N2O5/c1-7-8-9-12-28-21(17-27)20(13-18-10-11-22(29-2)23(14-18)30-3)19-15-24(31-4)26(33-6)25(16-19)32-5/h7,10-11,13-16H,1,8-9,12H2,2-6H3. The second-order valence-corrected chi connectivity index (χ2v) is 6.86. The van der Waals surface area contributed by atoms with Gasteiger partial charge < -0.3 is 23.7 Å². The third-order valence-electron chi connectivity index (χ3n) is 4.89. The Hall–Kier alpha value is -3.92. The zero-order valence-corrected chi connectivity index (χ0v) is 19.8. The Morgan fingerprint density at radius 1 is 0.909 bits per heavy atom. The van der Waals surface area contributed by atoms with Gasteiger partial charge in [-0.2, -0.15) is 5.26 Å². The van der Waals surface area contributed by atoms with Crippen molar-refractivity contribution in [2.45, 2.75) is 12.8 Å². The largest absolute Gasteiger partial charge is 0.493 e. The van der Waals surface area contributed by atoms with Gasteiger partial charge in [-0.1, -0.05) is 12.1 Å². The summed E-state index contributed by atoms with van der Waals surface area (Å²) in [6.07, 6.45) is 5.33.